The molecule has 1 saturated heterocycles. The van der Waals surface area contributed by atoms with Crippen LogP contribution in [0.4, 0.5) is 5.69 Å². The van der Waals surface area contributed by atoms with Gasteiger partial charge >= 0.3 is 0 Å². The van der Waals surface area contributed by atoms with Crippen LogP contribution in [0.1, 0.15) is 15.9 Å². The van der Waals surface area contributed by atoms with Crippen LogP contribution >= 0.6 is 11.6 Å². The lowest BCUT2D eigenvalue weighted by Gasteiger charge is -2.25. The minimum absolute atomic E-state index is 0.00949. The standard InChI is InChI=1S/C21H27ClN4O2/c1-25-8-9-26(12-15-6-4-3-5-7-15)14-16(13-25)24-21(27)17-10-18(22)19(23)11-20(17)28-2/h3-7,10-11,16H,8-9,12-14,23H2,1-2H3,(H,24,27). The highest BCUT2D eigenvalue weighted by molar-refractivity contribution is 6.33. The van der Waals surface area contributed by atoms with Gasteiger partial charge in [-0.3, -0.25) is 9.69 Å². The van der Waals surface area contributed by atoms with Crippen LogP contribution in [0.2, 0.25) is 5.02 Å². The van der Waals surface area contributed by atoms with E-state index in [-0.39, 0.29) is 11.9 Å². The van der Waals surface area contributed by atoms with Gasteiger partial charge in [0.05, 0.1) is 29.4 Å². The second kappa shape index (κ2) is 9.28. The molecule has 0 aromatic heterocycles. The Labute approximate surface area is 171 Å². The van der Waals surface area contributed by atoms with Crippen LogP contribution in [-0.4, -0.2) is 62.1 Å². The van der Waals surface area contributed by atoms with Crippen molar-refractivity contribution in [1.29, 1.82) is 0 Å². The number of carbonyl (C=O) groups is 1. The summed E-state index contributed by atoms with van der Waals surface area (Å²) in [5.74, 6) is 0.209. The Hall–Kier alpha value is -2.28. The maximum absolute atomic E-state index is 12.9. The Morgan fingerprint density at radius 1 is 1.25 bits per heavy atom. The molecule has 1 atom stereocenters. The van der Waals surface area contributed by atoms with Gasteiger partial charge in [0, 0.05) is 38.8 Å². The van der Waals surface area contributed by atoms with E-state index < -0.39 is 0 Å². The number of halogens is 1. The zero-order valence-electron chi connectivity index (χ0n) is 16.3. The smallest absolute Gasteiger partial charge is 0.255 e. The number of nitrogens with one attached hydrogen (secondary N) is 1. The topological polar surface area (TPSA) is 70.8 Å². The molecule has 7 heteroatoms. The second-order valence-electron chi connectivity index (χ2n) is 7.23. The van der Waals surface area contributed by atoms with Gasteiger partial charge in [0.15, 0.2) is 0 Å². The van der Waals surface area contributed by atoms with Gasteiger partial charge in [-0.1, -0.05) is 41.9 Å². The highest BCUT2D eigenvalue weighted by Gasteiger charge is 2.24. The molecule has 1 heterocycles. The molecule has 2 aromatic rings. The molecule has 3 N–H and O–H groups in total. The maximum atomic E-state index is 12.9. The largest absolute Gasteiger partial charge is 0.496 e. The first kappa shape index (κ1) is 20.5. The van der Waals surface area contributed by atoms with Crippen LogP contribution in [0.3, 0.4) is 0 Å². The molecular weight excluding hydrogens is 376 g/mol. The van der Waals surface area contributed by atoms with Gasteiger partial charge < -0.3 is 20.7 Å². The number of ether oxygens (including phenoxy) is 1. The van der Waals surface area contributed by atoms with E-state index in [4.69, 9.17) is 22.1 Å². The Morgan fingerprint density at radius 3 is 2.71 bits per heavy atom. The van der Waals surface area contributed by atoms with Gasteiger partial charge in [-0.2, -0.15) is 0 Å². The number of amides is 1. The molecule has 3 rings (SSSR count). The van der Waals surface area contributed by atoms with Crippen molar-refractivity contribution >= 4 is 23.2 Å². The molecule has 1 amide bonds. The summed E-state index contributed by atoms with van der Waals surface area (Å²) in [6.45, 7) is 4.32. The molecule has 0 aliphatic carbocycles. The van der Waals surface area contributed by atoms with Crippen molar-refractivity contribution in [1.82, 2.24) is 15.1 Å². The summed E-state index contributed by atoms with van der Waals surface area (Å²) in [6.07, 6.45) is 0. The highest BCUT2D eigenvalue weighted by atomic mass is 35.5. The number of hydrogen-bond acceptors (Lipinski definition) is 5. The van der Waals surface area contributed by atoms with E-state index in [0.29, 0.717) is 22.0 Å². The third kappa shape index (κ3) is 5.16. The van der Waals surface area contributed by atoms with Crippen LogP contribution in [0, 0.1) is 0 Å². The first-order valence-electron chi connectivity index (χ1n) is 9.35. The van der Waals surface area contributed by atoms with E-state index in [1.165, 1.54) is 12.7 Å². The van der Waals surface area contributed by atoms with Crippen molar-refractivity contribution in [2.24, 2.45) is 0 Å². The fourth-order valence-corrected chi connectivity index (χ4v) is 3.66. The zero-order valence-corrected chi connectivity index (χ0v) is 17.1. The van der Waals surface area contributed by atoms with E-state index >= 15 is 0 Å². The Balaban J connectivity index is 1.72. The fraction of sp³-hybridized carbons (Fsp3) is 0.381. The minimum Gasteiger partial charge on any atom is -0.496 e. The average Bonchev–Trinajstić information content (AvgIpc) is 2.85. The van der Waals surface area contributed by atoms with E-state index in [0.717, 1.165) is 32.7 Å². The molecule has 0 radical (unpaired) electrons. The molecule has 2 aromatic carbocycles. The number of rotatable bonds is 5. The number of methoxy groups -OCH3 is 1. The summed E-state index contributed by atoms with van der Waals surface area (Å²) in [7, 11) is 3.59. The van der Waals surface area contributed by atoms with Crippen LogP contribution in [0.15, 0.2) is 42.5 Å². The third-order valence-electron chi connectivity index (χ3n) is 4.96. The minimum atomic E-state index is -0.210. The second-order valence-corrected chi connectivity index (χ2v) is 7.63. The molecule has 0 saturated carbocycles. The van der Waals surface area contributed by atoms with Gasteiger partial charge in [-0.05, 0) is 18.7 Å². The summed E-state index contributed by atoms with van der Waals surface area (Å²) in [6, 6.07) is 13.5. The number of nitrogen functional groups attached to an aromatic ring is 1. The number of likely N-dealkylation sites (N-methyl/N-ethyl adjacent to an activating group) is 1. The van der Waals surface area contributed by atoms with Crippen LogP contribution < -0.4 is 15.8 Å². The lowest BCUT2D eigenvalue weighted by molar-refractivity contribution is 0.0921. The van der Waals surface area contributed by atoms with Gasteiger partial charge in [0.25, 0.3) is 5.91 Å². The Kier molecular flexibility index (Phi) is 6.78. The van der Waals surface area contributed by atoms with Crippen molar-refractivity contribution < 1.29 is 9.53 Å². The average molecular weight is 403 g/mol. The summed E-state index contributed by atoms with van der Waals surface area (Å²) < 4.78 is 5.32. The highest BCUT2D eigenvalue weighted by Crippen LogP contribution is 2.28. The summed E-state index contributed by atoms with van der Waals surface area (Å²) in [4.78, 5) is 17.5. The molecule has 1 aliphatic heterocycles. The first-order chi connectivity index (χ1) is 13.5. The molecule has 1 fully saturated rings. The number of anilines is 1. The summed E-state index contributed by atoms with van der Waals surface area (Å²) in [5.41, 5.74) is 7.87. The predicted molar refractivity (Wildman–Crippen MR) is 113 cm³/mol. The maximum Gasteiger partial charge on any atom is 0.255 e. The summed E-state index contributed by atoms with van der Waals surface area (Å²) >= 11 is 6.12. The van der Waals surface area contributed by atoms with Gasteiger partial charge in [0.1, 0.15) is 5.75 Å². The number of hydrogen-bond donors (Lipinski definition) is 2. The molecule has 1 unspecified atom stereocenters. The van der Waals surface area contributed by atoms with Crippen molar-refractivity contribution in [3.63, 3.8) is 0 Å². The number of nitrogens with two attached hydrogens (primary N) is 1. The van der Waals surface area contributed by atoms with Crippen LogP contribution in [0.25, 0.3) is 0 Å². The number of carbonyl (C=O) groups excluding carboxylic acids is 1. The SMILES string of the molecule is COc1cc(N)c(Cl)cc1C(=O)NC1CN(C)CCN(Cc2ccccc2)C1. The fourth-order valence-electron chi connectivity index (χ4n) is 3.50. The van der Waals surface area contributed by atoms with Crippen LogP contribution in [0.5, 0.6) is 5.75 Å². The first-order valence-corrected chi connectivity index (χ1v) is 9.72. The molecule has 1 aliphatic rings. The zero-order chi connectivity index (χ0) is 20.1. The van der Waals surface area contributed by atoms with E-state index in [9.17, 15) is 4.79 Å². The molecule has 6 nitrogen and oxygen atoms in total. The lowest BCUT2D eigenvalue weighted by Crippen LogP contribution is -2.46. The van der Waals surface area contributed by atoms with Gasteiger partial charge in [0.2, 0.25) is 0 Å². The van der Waals surface area contributed by atoms with E-state index in [1.807, 2.05) is 6.07 Å². The lowest BCUT2D eigenvalue weighted by atomic mass is 10.1. The monoisotopic (exact) mass is 402 g/mol. The van der Waals surface area contributed by atoms with Crippen molar-refractivity contribution in [2.75, 3.05) is 46.1 Å². The quantitative estimate of drug-likeness (QED) is 0.752. The van der Waals surface area contributed by atoms with Crippen molar-refractivity contribution in [3.05, 3.63) is 58.6 Å². The summed E-state index contributed by atoms with van der Waals surface area (Å²) in [5, 5.41) is 3.48. The number of benzene rings is 2. The van der Waals surface area contributed by atoms with Crippen LogP contribution in [-0.2, 0) is 6.54 Å². The van der Waals surface area contributed by atoms with Gasteiger partial charge in [-0.25, -0.2) is 0 Å². The Bertz CT molecular complexity index is 816. The van der Waals surface area contributed by atoms with Crippen molar-refractivity contribution in [2.45, 2.75) is 12.6 Å². The molecule has 0 spiro atoms. The van der Waals surface area contributed by atoms with E-state index in [2.05, 4.69) is 46.4 Å². The molecule has 28 heavy (non-hydrogen) atoms. The van der Waals surface area contributed by atoms with Crippen molar-refractivity contribution in [3.8, 4) is 5.75 Å². The number of nitrogens with zero attached hydrogens (tertiary/aromatic N) is 2. The Morgan fingerprint density at radius 2 is 2.00 bits per heavy atom. The van der Waals surface area contributed by atoms with Gasteiger partial charge in [-0.15, -0.1) is 0 Å². The molecule has 0 bridgehead atoms. The van der Waals surface area contributed by atoms with E-state index in [1.54, 1.807) is 12.1 Å². The third-order valence-corrected chi connectivity index (χ3v) is 5.28. The predicted octanol–water partition coefficient (Wildman–Crippen LogP) is 2.48. The molecular formula is C21H27ClN4O2. The normalized spacial score (nSPS) is 18.5. The molecule has 150 valence electrons.